The number of methoxy groups -OCH3 is 1. The van der Waals surface area contributed by atoms with Gasteiger partial charge < -0.3 is 14.4 Å². The first-order valence-corrected chi connectivity index (χ1v) is 12.1. The molecule has 0 spiro atoms. The molecule has 2 aliphatic rings. The first-order chi connectivity index (χ1) is 13.9. The van der Waals surface area contributed by atoms with Gasteiger partial charge in [0.25, 0.3) is 0 Å². The van der Waals surface area contributed by atoms with Gasteiger partial charge in [0, 0.05) is 24.5 Å². The van der Waals surface area contributed by atoms with Crippen LogP contribution in [0, 0.1) is 0 Å². The summed E-state index contributed by atoms with van der Waals surface area (Å²) in [4.78, 5) is 11.2. The molecule has 0 atom stereocenters. The van der Waals surface area contributed by atoms with Crippen molar-refractivity contribution in [3.63, 3.8) is 0 Å². The van der Waals surface area contributed by atoms with Crippen molar-refractivity contribution in [3.8, 4) is 11.5 Å². The summed E-state index contributed by atoms with van der Waals surface area (Å²) in [5.74, 6) is 2.10. The van der Waals surface area contributed by atoms with Gasteiger partial charge in [-0.2, -0.15) is 4.98 Å². The fourth-order valence-electron chi connectivity index (χ4n) is 4.12. The molecule has 8 nitrogen and oxygen atoms in total. The summed E-state index contributed by atoms with van der Waals surface area (Å²) in [6.07, 6.45) is 9.05. The standard InChI is InChI=1S/C20H28N4O4S/c1-27-17-12-15-16(13-18(17)28-14-8-4-5-9-14)21-20(23-29(2,25)26)22-19(15)24-10-6-3-7-11-24/h12-14H,3-11H2,1-2H3,(H,21,22,23). The van der Waals surface area contributed by atoms with Gasteiger partial charge in [-0.15, -0.1) is 0 Å². The first kappa shape index (κ1) is 20.0. The van der Waals surface area contributed by atoms with Crippen molar-refractivity contribution in [2.75, 3.05) is 36.1 Å². The van der Waals surface area contributed by atoms with Crippen LogP contribution in [0.4, 0.5) is 11.8 Å². The molecule has 0 amide bonds. The Kier molecular flexibility index (Phi) is 5.67. The first-order valence-electron chi connectivity index (χ1n) is 10.2. The van der Waals surface area contributed by atoms with Gasteiger partial charge in [0.1, 0.15) is 5.82 Å². The lowest BCUT2D eigenvalue weighted by Gasteiger charge is -2.29. The van der Waals surface area contributed by atoms with Gasteiger partial charge in [0.2, 0.25) is 16.0 Å². The molecular weight excluding hydrogens is 392 g/mol. The minimum Gasteiger partial charge on any atom is -0.493 e. The second kappa shape index (κ2) is 8.22. The third-order valence-electron chi connectivity index (χ3n) is 5.49. The van der Waals surface area contributed by atoms with Crippen LogP contribution in [0.5, 0.6) is 11.5 Å². The molecule has 0 unspecified atom stereocenters. The maximum absolute atomic E-state index is 11.8. The topological polar surface area (TPSA) is 93.7 Å². The Morgan fingerprint density at radius 2 is 1.76 bits per heavy atom. The minimum absolute atomic E-state index is 0.0811. The van der Waals surface area contributed by atoms with Crippen molar-refractivity contribution < 1.29 is 17.9 Å². The number of nitrogens with one attached hydrogen (secondary N) is 1. The number of sulfonamides is 1. The van der Waals surface area contributed by atoms with E-state index in [-0.39, 0.29) is 12.1 Å². The SMILES string of the molecule is COc1cc2c(N3CCCCC3)nc(NS(C)(=O)=O)nc2cc1OC1CCCC1. The average Bonchev–Trinajstić information content (AvgIpc) is 3.19. The third kappa shape index (κ3) is 4.66. The molecule has 0 bridgehead atoms. The second-order valence-electron chi connectivity index (χ2n) is 7.84. The van der Waals surface area contributed by atoms with Crippen LogP contribution in [-0.2, 0) is 10.0 Å². The Morgan fingerprint density at radius 3 is 2.41 bits per heavy atom. The van der Waals surface area contributed by atoms with Crippen LogP contribution >= 0.6 is 0 Å². The summed E-state index contributed by atoms with van der Waals surface area (Å²) in [5, 5.41) is 0.835. The molecule has 1 aromatic carbocycles. The summed E-state index contributed by atoms with van der Waals surface area (Å²) in [5.41, 5.74) is 0.639. The lowest BCUT2D eigenvalue weighted by atomic mass is 10.1. The number of hydrogen-bond acceptors (Lipinski definition) is 7. The molecule has 1 aromatic heterocycles. The fraction of sp³-hybridized carbons (Fsp3) is 0.600. The number of aromatic nitrogens is 2. The number of piperidine rings is 1. The van der Waals surface area contributed by atoms with E-state index in [1.165, 1.54) is 19.3 Å². The van der Waals surface area contributed by atoms with Gasteiger partial charge in [0.15, 0.2) is 11.5 Å². The van der Waals surface area contributed by atoms with E-state index in [0.717, 1.165) is 56.2 Å². The highest BCUT2D eigenvalue weighted by Crippen LogP contribution is 2.38. The van der Waals surface area contributed by atoms with Gasteiger partial charge in [-0.1, -0.05) is 0 Å². The predicted octanol–water partition coefficient (Wildman–Crippen LogP) is 3.32. The summed E-state index contributed by atoms with van der Waals surface area (Å²) in [6.45, 7) is 1.76. The molecule has 1 aliphatic carbocycles. The van der Waals surface area contributed by atoms with Crippen molar-refractivity contribution in [3.05, 3.63) is 12.1 Å². The highest BCUT2D eigenvalue weighted by Gasteiger charge is 2.23. The molecule has 158 valence electrons. The van der Waals surface area contributed by atoms with Gasteiger partial charge >= 0.3 is 0 Å². The smallest absolute Gasteiger partial charge is 0.239 e. The maximum Gasteiger partial charge on any atom is 0.239 e. The average molecular weight is 421 g/mol. The van der Waals surface area contributed by atoms with Crippen LogP contribution < -0.4 is 19.1 Å². The van der Waals surface area contributed by atoms with E-state index >= 15 is 0 Å². The summed E-state index contributed by atoms with van der Waals surface area (Å²) >= 11 is 0. The number of fused-ring (bicyclic) bond motifs is 1. The van der Waals surface area contributed by atoms with Crippen molar-refractivity contribution in [2.45, 2.75) is 51.0 Å². The van der Waals surface area contributed by atoms with Crippen LogP contribution in [0.3, 0.4) is 0 Å². The van der Waals surface area contributed by atoms with E-state index < -0.39 is 10.0 Å². The van der Waals surface area contributed by atoms with E-state index in [1.54, 1.807) is 7.11 Å². The highest BCUT2D eigenvalue weighted by atomic mass is 32.2. The quantitative estimate of drug-likeness (QED) is 0.766. The summed E-state index contributed by atoms with van der Waals surface area (Å²) in [6, 6.07) is 3.75. The zero-order valence-electron chi connectivity index (χ0n) is 17.0. The predicted molar refractivity (Wildman–Crippen MR) is 114 cm³/mol. The fourth-order valence-corrected chi connectivity index (χ4v) is 4.54. The monoisotopic (exact) mass is 420 g/mol. The zero-order chi connectivity index (χ0) is 20.4. The van der Waals surface area contributed by atoms with Crippen molar-refractivity contribution in [1.82, 2.24) is 9.97 Å². The van der Waals surface area contributed by atoms with E-state index in [4.69, 9.17) is 9.47 Å². The van der Waals surface area contributed by atoms with E-state index in [0.29, 0.717) is 17.0 Å². The normalized spacial score (nSPS) is 18.2. The molecule has 2 heterocycles. The Balaban J connectivity index is 1.81. The summed E-state index contributed by atoms with van der Waals surface area (Å²) < 4.78 is 37.8. The maximum atomic E-state index is 11.8. The molecule has 2 fully saturated rings. The van der Waals surface area contributed by atoms with Gasteiger partial charge in [0.05, 0.1) is 25.0 Å². The van der Waals surface area contributed by atoms with Crippen LogP contribution in [0.2, 0.25) is 0 Å². The van der Waals surface area contributed by atoms with Crippen molar-refractivity contribution in [1.29, 1.82) is 0 Å². The zero-order valence-corrected chi connectivity index (χ0v) is 17.8. The molecule has 4 rings (SSSR count). The van der Waals surface area contributed by atoms with Crippen LogP contribution in [-0.4, -0.2) is 50.9 Å². The van der Waals surface area contributed by atoms with Crippen LogP contribution in [0.25, 0.3) is 10.9 Å². The number of rotatable bonds is 6. The van der Waals surface area contributed by atoms with Gasteiger partial charge in [-0.25, -0.2) is 13.4 Å². The molecule has 9 heteroatoms. The number of benzene rings is 1. The Bertz CT molecular complexity index is 984. The molecule has 29 heavy (non-hydrogen) atoms. The molecule has 2 aromatic rings. The molecule has 1 saturated heterocycles. The number of anilines is 2. The van der Waals surface area contributed by atoms with Gasteiger partial charge in [-0.05, 0) is 51.0 Å². The van der Waals surface area contributed by atoms with Crippen LogP contribution in [0.15, 0.2) is 12.1 Å². The Morgan fingerprint density at radius 1 is 1.03 bits per heavy atom. The molecular formula is C20H28N4O4S. The highest BCUT2D eigenvalue weighted by molar-refractivity contribution is 7.91. The van der Waals surface area contributed by atoms with E-state index in [2.05, 4.69) is 19.6 Å². The van der Waals surface area contributed by atoms with Crippen molar-refractivity contribution in [2.24, 2.45) is 0 Å². The molecule has 1 aliphatic heterocycles. The number of nitrogens with zero attached hydrogens (tertiary/aromatic N) is 3. The number of ether oxygens (including phenoxy) is 2. The molecule has 1 N–H and O–H groups in total. The Labute approximate surface area is 171 Å². The largest absolute Gasteiger partial charge is 0.493 e. The number of hydrogen-bond donors (Lipinski definition) is 1. The van der Waals surface area contributed by atoms with Crippen LogP contribution in [0.1, 0.15) is 44.9 Å². The molecule has 0 radical (unpaired) electrons. The van der Waals surface area contributed by atoms with Crippen molar-refractivity contribution >= 4 is 32.7 Å². The van der Waals surface area contributed by atoms with E-state index in [9.17, 15) is 8.42 Å². The Hall–Kier alpha value is -2.29. The lowest BCUT2D eigenvalue weighted by Crippen LogP contribution is -2.30. The van der Waals surface area contributed by atoms with Gasteiger partial charge in [-0.3, -0.25) is 4.72 Å². The lowest BCUT2D eigenvalue weighted by molar-refractivity contribution is 0.201. The minimum atomic E-state index is -3.48. The third-order valence-corrected chi connectivity index (χ3v) is 6.04. The van der Waals surface area contributed by atoms with E-state index in [1.807, 2.05) is 12.1 Å². The molecule has 1 saturated carbocycles. The second-order valence-corrected chi connectivity index (χ2v) is 9.59. The summed E-state index contributed by atoms with van der Waals surface area (Å²) in [7, 11) is -1.86.